The van der Waals surface area contributed by atoms with Crippen LogP contribution in [0.3, 0.4) is 0 Å². The summed E-state index contributed by atoms with van der Waals surface area (Å²) in [7, 11) is 3.36. The zero-order chi connectivity index (χ0) is 23.8. The third-order valence-electron chi connectivity index (χ3n) is 5.55. The lowest BCUT2D eigenvalue weighted by molar-refractivity contribution is -0.124. The highest BCUT2D eigenvalue weighted by Gasteiger charge is 2.35. The van der Waals surface area contributed by atoms with Gasteiger partial charge in [0.25, 0.3) is 5.91 Å². The first-order chi connectivity index (χ1) is 15.0. The molecule has 0 fully saturated rings. The zero-order valence-corrected chi connectivity index (χ0v) is 18.9. The number of amides is 2. The van der Waals surface area contributed by atoms with Crippen LogP contribution in [0.5, 0.6) is 0 Å². The lowest BCUT2D eigenvalue weighted by atomic mass is 9.86. The van der Waals surface area contributed by atoms with Crippen LogP contribution in [-0.4, -0.2) is 52.9 Å². The first-order valence-electron chi connectivity index (χ1n) is 10.4. The number of carbonyl (C=O) groups excluding carboxylic acids is 2. The number of hydrogen-bond acceptors (Lipinski definition) is 4. The molecule has 174 valence electrons. The summed E-state index contributed by atoms with van der Waals surface area (Å²) in [5, 5.41) is 5.28. The van der Waals surface area contributed by atoms with E-state index in [1.807, 2.05) is 32.7 Å². The van der Waals surface area contributed by atoms with E-state index >= 15 is 0 Å². The molecule has 10 heteroatoms. The third kappa shape index (κ3) is 4.50. The number of carbonyl (C=O) groups is 2. The molecule has 2 amide bonds. The first kappa shape index (κ1) is 23.8. The average molecular weight is 451 g/mol. The van der Waals surface area contributed by atoms with Crippen molar-refractivity contribution in [2.75, 3.05) is 20.6 Å². The van der Waals surface area contributed by atoms with Crippen LogP contribution in [0.2, 0.25) is 0 Å². The summed E-state index contributed by atoms with van der Waals surface area (Å²) in [5.41, 5.74) is -0.271. The highest BCUT2D eigenvalue weighted by Crippen LogP contribution is 2.30. The van der Waals surface area contributed by atoms with Gasteiger partial charge in [0.2, 0.25) is 5.91 Å². The van der Waals surface area contributed by atoms with Crippen LogP contribution < -0.4 is 10.6 Å². The Morgan fingerprint density at radius 3 is 2.44 bits per heavy atom. The minimum Gasteiger partial charge on any atom is -0.357 e. The van der Waals surface area contributed by atoms with Crippen molar-refractivity contribution in [1.29, 1.82) is 0 Å². The smallest absolute Gasteiger partial charge is 0.272 e. The maximum absolute atomic E-state index is 14.6. The Labute approximate surface area is 185 Å². The Kier molecular flexibility index (Phi) is 6.64. The lowest BCUT2D eigenvalue weighted by Gasteiger charge is -2.29. The first-order valence-corrected chi connectivity index (χ1v) is 10.4. The second-order valence-electron chi connectivity index (χ2n) is 9.08. The molecule has 0 radical (unpaired) electrons. The monoisotopic (exact) mass is 451 g/mol. The van der Waals surface area contributed by atoms with E-state index in [0.717, 1.165) is 18.7 Å². The van der Waals surface area contributed by atoms with Gasteiger partial charge in [0.1, 0.15) is 11.9 Å². The van der Waals surface area contributed by atoms with E-state index in [9.17, 15) is 22.8 Å². The molecule has 1 atom stereocenters. The maximum Gasteiger partial charge on any atom is 0.272 e. The summed E-state index contributed by atoms with van der Waals surface area (Å²) in [5.74, 6) is -5.17. The minimum atomic E-state index is -1.59. The van der Waals surface area contributed by atoms with Crippen LogP contribution >= 0.6 is 0 Å². The van der Waals surface area contributed by atoms with Gasteiger partial charge in [-0.05, 0) is 37.6 Å². The van der Waals surface area contributed by atoms with Gasteiger partial charge in [-0.25, -0.2) is 18.2 Å². The lowest BCUT2D eigenvalue weighted by Crippen LogP contribution is -2.53. The van der Waals surface area contributed by atoms with Gasteiger partial charge in [-0.1, -0.05) is 20.8 Å². The molecule has 0 saturated heterocycles. The van der Waals surface area contributed by atoms with Gasteiger partial charge in [0.05, 0.1) is 11.3 Å². The third-order valence-corrected chi connectivity index (χ3v) is 5.55. The standard InChI is InChI=1S/C22H28F3N5O2/c1-22(2,3)18(21(32)26-4)28-20(31)17-14-11-29(5)9-6-10-30(14)19(27-17)12-7-8-13(23)16(25)15(12)24/h7-8,18H,6,9-11H2,1-5H3,(H,26,32)(H,28,31)/t18-/m1/s1. The van der Waals surface area contributed by atoms with Gasteiger partial charge < -0.3 is 20.1 Å². The summed E-state index contributed by atoms with van der Waals surface area (Å²) < 4.78 is 43.7. The molecular weight excluding hydrogens is 423 g/mol. The molecule has 3 rings (SSSR count). The number of benzene rings is 1. The summed E-state index contributed by atoms with van der Waals surface area (Å²) in [6.07, 6.45) is 0.696. The Balaban J connectivity index is 2.12. The van der Waals surface area contributed by atoms with Crippen molar-refractivity contribution in [2.45, 2.75) is 46.3 Å². The normalized spacial score (nSPS) is 15.6. The SMILES string of the molecule is CNC(=O)[C@@H](NC(=O)c1nc(-c2ccc(F)c(F)c2F)n2c1CN(C)CCC2)C(C)(C)C. The number of fused-ring (bicyclic) bond motifs is 1. The van der Waals surface area contributed by atoms with E-state index in [4.69, 9.17) is 0 Å². The number of aromatic nitrogens is 2. The quantitative estimate of drug-likeness (QED) is 0.701. The Bertz CT molecular complexity index is 1050. The summed E-state index contributed by atoms with van der Waals surface area (Å²) in [6.45, 7) is 6.95. The van der Waals surface area contributed by atoms with Crippen molar-refractivity contribution in [3.05, 3.63) is 41.0 Å². The van der Waals surface area contributed by atoms with Crippen LogP contribution in [0, 0.1) is 22.9 Å². The Morgan fingerprint density at radius 1 is 1.12 bits per heavy atom. The fraction of sp³-hybridized carbons (Fsp3) is 0.500. The molecule has 0 saturated carbocycles. The highest BCUT2D eigenvalue weighted by atomic mass is 19.2. The summed E-state index contributed by atoms with van der Waals surface area (Å²) in [6, 6.07) is 1.10. The minimum absolute atomic E-state index is 0.0241. The molecule has 1 aromatic heterocycles. The molecule has 1 aliphatic rings. The molecule has 2 aromatic rings. The number of nitrogens with one attached hydrogen (secondary N) is 2. The summed E-state index contributed by atoms with van der Waals surface area (Å²) >= 11 is 0. The van der Waals surface area contributed by atoms with Gasteiger partial charge in [-0.15, -0.1) is 0 Å². The van der Waals surface area contributed by atoms with Crippen LogP contribution in [0.15, 0.2) is 12.1 Å². The van der Waals surface area contributed by atoms with Gasteiger partial charge in [-0.3, -0.25) is 9.59 Å². The van der Waals surface area contributed by atoms with E-state index in [1.54, 1.807) is 4.57 Å². The maximum atomic E-state index is 14.6. The van der Waals surface area contributed by atoms with E-state index in [-0.39, 0.29) is 23.0 Å². The van der Waals surface area contributed by atoms with Crippen molar-refractivity contribution in [2.24, 2.45) is 5.41 Å². The number of rotatable bonds is 4. The second-order valence-corrected chi connectivity index (χ2v) is 9.08. The molecule has 1 aliphatic heterocycles. The molecule has 1 aromatic carbocycles. The van der Waals surface area contributed by atoms with Crippen LogP contribution in [0.1, 0.15) is 43.4 Å². The zero-order valence-electron chi connectivity index (χ0n) is 18.9. The van der Waals surface area contributed by atoms with Crippen molar-refractivity contribution in [3.63, 3.8) is 0 Å². The van der Waals surface area contributed by atoms with E-state index in [0.29, 0.717) is 25.2 Å². The highest BCUT2D eigenvalue weighted by molar-refractivity contribution is 5.97. The number of halogens is 3. The van der Waals surface area contributed by atoms with Gasteiger partial charge in [0.15, 0.2) is 23.1 Å². The average Bonchev–Trinajstić information content (AvgIpc) is 2.94. The van der Waals surface area contributed by atoms with Crippen molar-refractivity contribution in [3.8, 4) is 11.4 Å². The molecule has 2 N–H and O–H groups in total. The fourth-order valence-electron chi connectivity index (χ4n) is 3.83. The van der Waals surface area contributed by atoms with Gasteiger partial charge in [0, 0.05) is 20.1 Å². The van der Waals surface area contributed by atoms with Crippen molar-refractivity contribution in [1.82, 2.24) is 25.1 Å². The van der Waals surface area contributed by atoms with Crippen LogP contribution in [0.25, 0.3) is 11.4 Å². The van der Waals surface area contributed by atoms with Crippen LogP contribution in [-0.2, 0) is 17.9 Å². The molecule has 0 aliphatic carbocycles. The summed E-state index contributed by atoms with van der Waals surface area (Å²) in [4.78, 5) is 32.0. The topological polar surface area (TPSA) is 79.3 Å². The van der Waals surface area contributed by atoms with Crippen molar-refractivity contribution >= 4 is 11.8 Å². The largest absolute Gasteiger partial charge is 0.357 e. The molecule has 2 heterocycles. The Morgan fingerprint density at radius 2 is 1.81 bits per heavy atom. The van der Waals surface area contributed by atoms with Gasteiger partial charge >= 0.3 is 0 Å². The predicted octanol–water partition coefficient (Wildman–Crippen LogP) is 2.69. The van der Waals surface area contributed by atoms with Gasteiger partial charge in [-0.2, -0.15) is 0 Å². The molecular formula is C22H28F3N5O2. The predicted molar refractivity (Wildman–Crippen MR) is 113 cm³/mol. The fourth-order valence-corrected chi connectivity index (χ4v) is 3.83. The molecule has 32 heavy (non-hydrogen) atoms. The second kappa shape index (κ2) is 8.93. The van der Waals surface area contributed by atoms with E-state index < -0.39 is 34.8 Å². The molecule has 7 nitrogen and oxygen atoms in total. The molecule has 0 spiro atoms. The van der Waals surface area contributed by atoms with Crippen LogP contribution in [0.4, 0.5) is 13.2 Å². The van der Waals surface area contributed by atoms with E-state index in [2.05, 4.69) is 15.6 Å². The number of hydrogen-bond donors (Lipinski definition) is 2. The van der Waals surface area contributed by atoms with E-state index in [1.165, 1.54) is 7.05 Å². The Hall–Kier alpha value is -2.88. The number of likely N-dealkylation sites (N-methyl/N-ethyl adjacent to an activating group) is 1. The molecule has 0 unspecified atom stereocenters. The number of nitrogens with zero attached hydrogens (tertiary/aromatic N) is 3. The van der Waals surface area contributed by atoms with Crippen molar-refractivity contribution < 1.29 is 22.8 Å². The number of imidazole rings is 1. The molecule has 0 bridgehead atoms.